The number of amides is 1. The van der Waals surface area contributed by atoms with Gasteiger partial charge in [0.1, 0.15) is 5.82 Å². The van der Waals surface area contributed by atoms with Gasteiger partial charge in [-0.1, -0.05) is 12.1 Å². The molecule has 1 aromatic heterocycles. The van der Waals surface area contributed by atoms with Crippen LogP contribution < -0.4 is 10.2 Å². The predicted molar refractivity (Wildman–Crippen MR) is 86.8 cm³/mol. The zero-order valence-corrected chi connectivity index (χ0v) is 13.2. The van der Waals surface area contributed by atoms with E-state index < -0.39 is 0 Å². The zero-order valence-electron chi connectivity index (χ0n) is 13.2. The highest BCUT2D eigenvalue weighted by molar-refractivity contribution is 5.78. The number of H-pyrrole nitrogens is 1. The lowest BCUT2D eigenvalue weighted by Gasteiger charge is -2.34. The summed E-state index contributed by atoms with van der Waals surface area (Å²) in [6, 6.07) is 8.68. The van der Waals surface area contributed by atoms with Crippen LogP contribution >= 0.6 is 0 Å². The Labute approximate surface area is 134 Å². The number of aryl methyl sites for hydroxylation is 1. The Kier molecular flexibility index (Phi) is 4.60. The molecule has 1 aliphatic rings. The smallest absolute Gasteiger partial charge is 0.226 e. The molecule has 0 saturated carbocycles. The Morgan fingerprint density at radius 1 is 1.48 bits per heavy atom. The molecule has 0 aliphatic carbocycles. The third-order valence-electron chi connectivity index (χ3n) is 4.08. The molecule has 1 atom stereocenters. The first kappa shape index (κ1) is 15.5. The van der Waals surface area contributed by atoms with Gasteiger partial charge in [-0.25, -0.2) is 4.39 Å². The van der Waals surface area contributed by atoms with Gasteiger partial charge in [0.15, 0.2) is 0 Å². The molecule has 0 spiro atoms. The van der Waals surface area contributed by atoms with Crippen LogP contribution in [-0.4, -0.2) is 35.2 Å². The fraction of sp³-hybridized carbons (Fsp3) is 0.412. The molecule has 3 rings (SSSR count). The van der Waals surface area contributed by atoms with Crippen LogP contribution in [0.25, 0.3) is 0 Å². The molecule has 2 N–H and O–H groups in total. The number of piperidine rings is 1. The largest absolute Gasteiger partial charge is 0.367 e. The van der Waals surface area contributed by atoms with Gasteiger partial charge >= 0.3 is 0 Å². The molecule has 1 aliphatic heterocycles. The van der Waals surface area contributed by atoms with Gasteiger partial charge in [-0.3, -0.25) is 9.89 Å². The van der Waals surface area contributed by atoms with Gasteiger partial charge < -0.3 is 10.2 Å². The van der Waals surface area contributed by atoms with Gasteiger partial charge in [0.25, 0.3) is 0 Å². The Bertz CT molecular complexity index is 685. The lowest BCUT2D eigenvalue weighted by Crippen LogP contribution is -2.48. The third-order valence-corrected chi connectivity index (χ3v) is 4.08. The Hall–Kier alpha value is -2.37. The van der Waals surface area contributed by atoms with Crippen molar-refractivity contribution in [2.75, 3.05) is 18.0 Å². The molecule has 0 unspecified atom stereocenters. The molecule has 23 heavy (non-hydrogen) atoms. The summed E-state index contributed by atoms with van der Waals surface area (Å²) in [7, 11) is 0. The Morgan fingerprint density at radius 3 is 3.04 bits per heavy atom. The molecule has 1 fully saturated rings. The summed E-state index contributed by atoms with van der Waals surface area (Å²) in [5.41, 5.74) is 2.28. The molecule has 1 amide bonds. The monoisotopic (exact) mass is 316 g/mol. The minimum atomic E-state index is -0.216. The molecule has 0 bridgehead atoms. The van der Waals surface area contributed by atoms with Crippen molar-refractivity contribution in [1.29, 1.82) is 0 Å². The second kappa shape index (κ2) is 6.81. The van der Waals surface area contributed by atoms with E-state index in [2.05, 4.69) is 15.5 Å². The average Bonchev–Trinajstić information content (AvgIpc) is 2.93. The van der Waals surface area contributed by atoms with Gasteiger partial charge in [0, 0.05) is 24.8 Å². The molecule has 2 aromatic rings. The first-order chi connectivity index (χ1) is 11.1. The highest BCUT2D eigenvalue weighted by Gasteiger charge is 2.23. The standard InChI is InChI=1S/C17H21FN4O/c1-12-9-14(21-20-12)10-17(23)19-13-5-4-8-22(11-13)16-7-3-2-6-15(16)18/h2-3,6-7,9,13H,4-5,8,10-11H2,1H3,(H,19,23)(H,20,21)/t13-/m0/s1. The van der Waals surface area contributed by atoms with Gasteiger partial charge in [-0.05, 0) is 38.0 Å². The fourth-order valence-electron chi connectivity index (χ4n) is 3.03. The second-order valence-electron chi connectivity index (χ2n) is 6.02. The molecule has 1 saturated heterocycles. The van der Waals surface area contributed by atoms with E-state index in [4.69, 9.17) is 0 Å². The number of halogens is 1. The third kappa shape index (κ3) is 3.88. The van der Waals surface area contributed by atoms with Crippen LogP contribution in [0.15, 0.2) is 30.3 Å². The van der Waals surface area contributed by atoms with Crippen LogP contribution in [0.4, 0.5) is 10.1 Å². The number of aromatic nitrogens is 2. The van der Waals surface area contributed by atoms with Crippen molar-refractivity contribution in [1.82, 2.24) is 15.5 Å². The summed E-state index contributed by atoms with van der Waals surface area (Å²) >= 11 is 0. The van der Waals surface area contributed by atoms with Crippen molar-refractivity contribution in [3.05, 3.63) is 47.5 Å². The van der Waals surface area contributed by atoms with Crippen molar-refractivity contribution in [3.63, 3.8) is 0 Å². The number of carbonyl (C=O) groups is 1. The van der Waals surface area contributed by atoms with Crippen LogP contribution in [0.5, 0.6) is 0 Å². The number of aromatic amines is 1. The molecule has 0 radical (unpaired) electrons. The highest BCUT2D eigenvalue weighted by Crippen LogP contribution is 2.22. The van der Waals surface area contributed by atoms with E-state index in [-0.39, 0.29) is 24.2 Å². The van der Waals surface area contributed by atoms with Gasteiger partial charge in [-0.2, -0.15) is 5.10 Å². The van der Waals surface area contributed by atoms with E-state index in [0.29, 0.717) is 12.2 Å². The molecule has 6 heteroatoms. The van der Waals surface area contributed by atoms with E-state index in [1.807, 2.05) is 24.0 Å². The van der Waals surface area contributed by atoms with Crippen molar-refractivity contribution in [2.24, 2.45) is 0 Å². The van der Waals surface area contributed by atoms with E-state index in [0.717, 1.165) is 30.8 Å². The Morgan fingerprint density at radius 2 is 2.30 bits per heavy atom. The number of para-hydroxylation sites is 1. The molecule has 5 nitrogen and oxygen atoms in total. The van der Waals surface area contributed by atoms with Crippen LogP contribution in [0, 0.1) is 12.7 Å². The van der Waals surface area contributed by atoms with Gasteiger partial charge in [0.2, 0.25) is 5.91 Å². The number of anilines is 1. The van der Waals surface area contributed by atoms with Gasteiger partial charge in [-0.15, -0.1) is 0 Å². The number of nitrogens with zero attached hydrogens (tertiary/aromatic N) is 2. The topological polar surface area (TPSA) is 61.0 Å². The summed E-state index contributed by atoms with van der Waals surface area (Å²) in [4.78, 5) is 14.1. The summed E-state index contributed by atoms with van der Waals surface area (Å²) in [6.45, 7) is 3.35. The van der Waals surface area contributed by atoms with Crippen molar-refractivity contribution in [2.45, 2.75) is 32.2 Å². The maximum atomic E-state index is 13.9. The van der Waals surface area contributed by atoms with E-state index in [1.54, 1.807) is 12.1 Å². The SMILES string of the molecule is Cc1cc(CC(=O)N[C@H]2CCCN(c3ccccc3F)C2)n[nH]1. The van der Waals surface area contributed by atoms with Crippen LogP contribution in [0.3, 0.4) is 0 Å². The summed E-state index contributed by atoms with van der Waals surface area (Å²) in [5, 5.41) is 9.95. The summed E-state index contributed by atoms with van der Waals surface area (Å²) < 4.78 is 13.9. The van der Waals surface area contributed by atoms with Crippen LogP contribution in [0.1, 0.15) is 24.2 Å². The maximum absolute atomic E-state index is 13.9. The summed E-state index contributed by atoms with van der Waals surface area (Å²) in [6.07, 6.45) is 2.11. The Balaban J connectivity index is 1.58. The van der Waals surface area contributed by atoms with E-state index in [9.17, 15) is 9.18 Å². The average molecular weight is 316 g/mol. The molecule has 1 aromatic carbocycles. The van der Waals surface area contributed by atoms with Crippen LogP contribution in [0.2, 0.25) is 0 Å². The fourth-order valence-corrected chi connectivity index (χ4v) is 3.03. The number of hydrogen-bond acceptors (Lipinski definition) is 3. The number of rotatable bonds is 4. The van der Waals surface area contributed by atoms with Crippen LogP contribution in [-0.2, 0) is 11.2 Å². The molecule has 122 valence electrons. The van der Waals surface area contributed by atoms with Crippen molar-refractivity contribution in [3.8, 4) is 0 Å². The minimum absolute atomic E-state index is 0.0379. The number of nitrogens with one attached hydrogen (secondary N) is 2. The lowest BCUT2D eigenvalue weighted by atomic mass is 10.0. The van der Waals surface area contributed by atoms with Crippen molar-refractivity contribution >= 4 is 11.6 Å². The normalized spacial score (nSPS) is 18.0. The molecule has 2 heterocycles. The van der Waals surface area contributed by atoms with Gasteiger partial charge in [0.05, 0.1) is 17.8 Å². The second-order valence-corrected chi connectivity index (χ2v) is 6.02. The summed E-state index contributed by atoms with van der Waals surface area (Å²) in [5.74, 6) is -0.261. The number of carbonyl (C=O) groups excluding carboxylic acids is 1. The first-order valence-corrected chi connectivity index (χ1v) is 7.91. The quantitative estimate of drug-likeness (QED) is 0.909. The number of hydrogen-bond donors (Lipinski definition) is 2. The minimum Gasteiger partial charge on any atom is -0.367 e. The highest BCUT2D eigenvalue weighted by atomic mass is 19.1. The van der Waals surface area contributed by atoms with E-state index in [1.165, 1.54) is 6.07 Å². The van der Waals surface area contributed by atoms with Crippen molar-refractivity contribution < 1.29 is 9.18 Å². The predicted octanol–water partition coefficient (Wildman–Crippen LogP) is 2.18. The maximum Gasteiger partial charge on any atom is 0.226 e. The molecular formula is C17H21FN4O. The molecular weight excluding hydrogens is 295 g/mol. The first-order valence-electron chi connectivity index (χ1n) is 7.91. The zero-order chi connectivity index (χ0) is 16.2. The van der Waals surface area contributed by atoms with E-state index >= 15 is 0 Å². The number of benzene rings is 1. The lowest BCUT2D eigenvalue weighted by molar-refractivity contribution is -0.121.